The number of benzene rings is 1. The van der Waals surface area contributed by atoms with Crippen molar-refractivity contribution in [3.63, 3.8) is 0 Å². The van der Waals surface area contributed by atoms with Crippen LogP contribution >= 0.6 is 0 Å². The molecule has 0 unspecified atom stereocenters. The van der Waals surface area contributed by atoms with E-state index in [9.17, 15) is 9.18 Å². The third kappa shape index (κ3) is 3.53. The highest BCUT2D eigenvalue weighted by Crippen LogP contribution is 2.29. The van der Waals surface area contributed by atoms with E-state index in [1.165, 1.54) is 12.1 Å². The van der Waals surface area contributed by atoms with Crippen LogP contribution in [-0.4, -0.2) is 11.4 Å². The largest absolute Gasteiger partial charge is 0.349 e. The molecule has 1 rings (SSSR count). The maximum absolute atomic E-state index is 13.2. The Morgan fingerprint density at radius 3 is 2.37 bits per heavy atom. The Kier molecular flexibility index (Phi) is 4.35. The number of amides is 1. The zero-order valence-corrected chi connectivity index (χ0v) is 12.3. The minimum absolute atomic E-state index is 0.142. The fourth-order valence-corrected chi connectivity index (χ4v) is 1.53. The Labute approximate surface area is 114 Å². The van der Waals surface area contributed by atoms with E-state index in [4.69, 9.17) is 5.73 Å². The van der Waals surface area contributed by atoms with Gasteiger partial charge < -0.3 is 11.1 Å². The van der Waals surface area contributed by atoms with E-state index in [0.717, 1.165) is 5.56 Å². The molecule has 1 atom stereocenters. The van der Waals surface area contributed by atoms with Crippen molar-refractivity contribution >= 4 is 5.91 Å². The number of nitrogens with two attached hydrogens (primary N) is 1. The lowest BCUT2D eigenvalue weighted by atomic mass is 9.74. The quantitative estimate of drug-likeness (QED) is 0.880. The predicted octanol–water partition coefficient (Wildman–Crippen LogP) is 2.77. The highest BCUT2D eigenvalue weighted by atomic mass is 19.1. The molecular weight excluding hydrogens is 243 g/mol. The van der Waals surface area contributed by atoms with Gasteiger partial charge in [-0.1, -0.05) is 12.1 Å². The van der Waals surface area contributed by atoms with Crippen LogP contribution in [0.5, 0.6) is 0 Å². The van der Waals surface area contributed by atoms with Crippen molar-refractivity contribution in [2.24, 2.45) is 11.1 Å². The van der Waals surface area contributed by atoms with Crippen LogP contribution in [0.25, 0.3) is 0 Å². The Bertz CT molecular complexity index is 463. The first-order valence-corrected chi connectivity index (χ1v) is 6.41. The van der Waals surface area contributed by atoms with Crippen molar-refractivity contribution in [1.82, 2.24) is 5.32 Å². The van der Waals surface area contributed by atoms with Crippen LogP contribution in [0.3, 0.4) is 0 Å². The first-order chi connectivity index (χ1) is 8.55. The lowest BCUT2D eigenvalue weighted by Crippen LogP contribution is -2.55. The van der Waals surface area contributed by atoms with Crippen molar-refractivity contribution in [3.05, 3.63) is 35.6 Å². The molecule has 106 valence electrons. The van der Waals surface area contributed by atoms with E-state index in [2.05, 4.69) is 5.32 Å². The van der Waals surface area contributed by atoms with Gasteiger partial charge in [0.15, 0.2) is 0 Å². The first kappa shape index (κ1) is 15.6. The lowest BCUT2D eigenvalue weighted by molar-refractivity contribution is -0.132. The van der Waals surface area contributed by atoms with Gasteiger partial charge in [0, 0.05) is 5.54 Å². The van der Waals surface area contributed by atoms with Crippen molar-refractivity contribution in [3.8, 4) is 0 Å². The van der Waals surface area contributed by atoms with Gasteiger partial charge in [0.2, 0.25) is 5.91 Å². The van der Waals surface area contributed by atoms with Gasteiger partial charge in [0.1, 0.15) is 5.82 Å². The minimum atomic E-state index is -0.714. The summed E-state index contributed by atoms with van der Waals surface area (Å²) < 4.78 is 13.2. The molecule has 3 nitrogen and oxygen atoms in total. The molecule has 3 N–H and O–H groups in total. The van der Waals surface area contributed by atoms with Crippen LogP contribution in [0.2, 0.25) is 0 Å². The zero-order chi connectivity index (χ0) is 14.8. The van der Waals surface area contributed by atoms with Crippen LogP contribution in [0.4, 0.5) is 4.39 Å². The summed E-state index contributed by atoms with van der Waals surface area (Å²) in [5.41, 5.74) is 5.41. The highest BCUT2D eigenvalue weighted by molar-refractivity contribution is 5.83. The Morgan fingerprint density at radius 2 is 1.89 bits per heavy atom. The first-order valence-electron chi connectivity index (χ1n) is 6.41. The molecule has 1 amide bonds. The van der Waals surface area contributed by atoms with Crippen LogP contribution in [0, 0.1) is 11.2 Å². The normalized spacial score (nSPS) is 14.1. The third-order valence-electron chi connectivity index (χ3n) is 3.87. The summed E-state index contributed by atoms with van der Waals surface area (Å²) in [5.74, 6) is -0.450. The number of carbonyl (C=O) groups is 1. The van der Waals surface area contributed by atoms with Crippen LogP contribution in [0.1, 0.15) is 46.2 Å². The molecule has 1 aromatic carbocycles. The van der Waals surface area contributed by atoms with Gasteiger partial charge in [-0.15, -0.1) is 0 Å². The topological polar surface area (TPSA) is 55.1 Å². The zero-order valence-electron chi connectivity index (χ0n) is 12.3. The van der Waals surface area contributed by atoms with Gasteiger partial charge in [0.25, 0.3) is 0 Å². The van der Waals surface area contributed by atoms with E-state index in [-0.39, 0.29) is 17.8 Å². The average molecular weight is 266 g/mol. The third-order valence-corrected chi connectivity index (χ3v) is 3.87. The van der Waals surface area contributed by atoms with Gasteiger partial charge in [-0.3, -0.25) is 4.79 Å². The molecule has 19 heavy (non-hydrogen) atoms. The van der Waals surface area contributed by atoms with Crippen molar-refractivity contribution < 1.29 is 9.18 Å². The highest BCUT2D eigenvalue weighted by Gasteiger charge is 2.40. The van der Waals surface area contributed by atoms with E-state index in [1.807, 2.05) is 20.8 Å². The van der Waals surface area contributed by atoms with Crippen LogP contribution < -0.4 is 11.1 Å². The number of hydrogen-bond acceptors (Lipinski definition) is 2. The summed E-state index contributed by atoms with van der Waals surface area (Å²) in [7, 11) is 0. The molecule has 0 fully saturated rings. The van der Waals surface area contributed by atoms with E-state index < -0.39 is 11.0 Å². The average Bonchev–Trinajstić information content (AvgIpc) is 2.27. The van der Waals surface area contributed by atoms with E-state index >= 15 is 0 Å². The molecule has 0 spiro atoms. The second kappa shape index (κ2) is 5.29. The molecule has 0 radical (unpaired) electrons. The van der Waals surface area contributed by atoms with E-state index in [1.54, 1.807) is 26.0 Å². The summed E-state index contributed by atoms with van der Waals surface area (Å²) in [6, 6.07) is 5.96. The Balaban J connectivity index is 2.83. The molecule has 0 heterocycles. The van der Waals surface area contributed by atoms with Crippen molar-refractivity contribution in [1.29, 1.82) is 0 Å². The number of halogens is 1. The fraction of sp³-hybridized carbons (Fsp3) is 0.533. The molecule has 0 saturated heterocycles. The fourth-order valence-electron chi connectivity index (χ4n) is 1.53. The second-order valence-corrected chi connectivity index (χ2v) is 6.10. The molecule has 0 saturated carbocycles. The smallest absolute Gasteiger partial charge is 0.227 e. The van der Waals surface area contributed by atoms with Gasteiger partial charge in [0.05, 0.1) is 11.5 Å². The minimum Gasteiger partial charge on any atom is -0.349 e. The summed E-state index contributed by atoms with van der Waals surface area (Å²) in [6.07, 6.45) is 0. The molecular formula is C15H23FN2O. The lowest BCUT2D eigenvalue weighted by Gasteiger charge is -2.37. The van der Waals surface area contributed by atoms with Crippen LogP contribution in [0.15, 0.2) is 24.3 Å². The molecule has 1 aromatic rings. The maximum Gasteiger partial charge on any atom is 0.227 e. The maximum atomic E-state index is 13.2. The predicted molar refractivity (Wildman–Crippen MR) is 75.0 cm³/mol. The van der Waals surface area contributed by atoms with Crippen molar-refractivity contribution in [2.75, 3.05) is 0 Å². The van der Waals surface area contributed by atoms with Crippen molar-refractivity contribution in [2.45, 2.75) is 46.2 Å². The Morgan fingerprint density at radius 1 is 1.32 bits per heavy atom. The number of carbonyl (C=O) groups excluding carboxylic acids is 1. The Hall–Kier alpha value is -1.42. The number of hydrogen-bond donors (Lipinski definition) is 2. The second-order valence-electron chi connectivity index (χ2n) is 6.10. The van der Waals surface area contributed by atoms with Gasteiger partial charge in [-0.25, -0.2) is 4.39 Å². The summed E-state index contributed by atoms with van der Waals surface area (Å²) in [4.78, 5) is 12.3. The molecule has 0 bridgehead atoms. The molecule has 0 aliphatic rings. The standard InChI is InChI=1S/C15H23FN2O/c1-10(11-7-6-8-12(16)9-11)18-13(19)14(2,3)15(4,5)17/h6-10H,17H2,1-5H3,(H,18,19)/t10-/m1/s1. The number of nitrogens with one attached hydrogen (secondary N) is 1. The summed E-state index contributed by atoms with van der Waals surface area (Å²) >= 11 is 0. The van der Waals surface area contributed by atoms with Crippen LogP contribution in [-0.2, 0) is 4.79 Å². The van der Waals surface area contributed by atoms with E-state index in [0.29, 0.717) is 0 Å². The molecule has 4 heteroatoms. The SMILES string of the molecule is C[C@@H](NC(=O)C(C)(C)C(C)(C)N)c1cccc(F)c1. The van der Waals surface area contributed by atoms with Gasteiger partial charge in [-0.05, 0) is 52.3 Å². The molecule has 0 aliphatic heterocycles. The molecule has 0 aromatic heterocycles. The monoisotopic (exact) mass is 266 g/mol. The molecule has 0 aliphatic carbocycles. The summed E-state index contributed by atoms with van der Waals surface area (Å²) in [5, 5.41) is 2.88. The number of rotatable bonds is 4. The van der Waals surface area contributed by atoms with Gasteiger partial charge >= 0.3 is 0 Å². The van der Waals surface area contributed by atoms with Gasteiger partial charge in [-0.2, -0.15) is 0 Å². The summed E-state index contributed by atoms with van der Waals surface area (Å²) in [6.45, 7) is 9.08.